The Morgan fingerprint density at radius 2 is 2.27 bits per heavy atom. The largest absolute Gasteiger partial charge is 0.264 e. The summed E-state index contributed by atoms with van der Waals surface area (Å²) in [6.45, 7) is 2.07. The summed E-state index contributed by atoms with van der Waals surface area (Å²) in [6.07, 6.45) is 3.55. The van der Waals surface area contributed by atoms with Gasteiger partial charge in [0.1, 0.15) is 6.33 Å². The van der Waals surface area contributed by atoms with E-state index in [1.54, 1.807) is 10.8 Å². The van der Waals surface area contributed by atoms with Crippen molar-refractivity contribution >= 4 is 16.4 Å². The van der Waals surface area contributed by atoms with Crippen molar-refractivity contribution in [1.82, 2.24) is 14.6 Å². The Hall–Kier alpha value is -1.25. The van der Waals surface area contributed by atoms with Crippen LogP contribution >= 0.6 is 0 Å². The van der Waals surface area contributed by atoms with E-state index < -0.39 is 0 Å². The van der Waals surface area contributed by atoms with Crippen molar-refractivity contribution < 1.29 is 20.1 Å². The quantitative estimate of drug-likeness (QED) is 0.564. The summed E-state index contributed by atoms with van der Waals surface area (Å²) < 4.78 is 1.79. The van der Waals surface area contributed by atoms with Crippen molar-refractivity contribution in [3.63, 3.8) is 0 Å². The van der Waals surface area contributed by atoms with Crippen LogP contribution in [0.4, 0.5) is 0 Å². The number of nitrogens with zero attached hydrogens (tertiary/aromatic N) is 3. The summed E-state index contributed by atoms with van der Waals surface area (Å²) in [4.78, 5) is 4.21. The summed E-state index contributed by atoms with van der Waals surface area (Å²) in [5.41, 5.74) is 2.06. The summed E-state index contributed by atoms with van der Waals surface area (Å²) in [7, 11) is 0. The number of hydrogen-bond donors (Lipinski definition) is 0. The van der Waals surface area contributed by atoms with E-state index in [0.717, 1.165) is 11.0 Å². The Balaban J connectivity index is 0.000000853. The minimum Gasteiger partial charge on any atom is -0.264 e. The van der Waals surface area contributed by atoms with Gasteiger partial charge in [0.25, 0.3) is 0 Å². The fourth-order valence-corrected chi connectivity index (χ4v) is 1.73. The van der Waals surface area contributed by atoms with Gasteiger partial charge in [-0.05, 0) is 6.92 Å². The minimum atomic E-state index is 0. The van der Waals surface area contributed by atoms with E-state index in [1.165, 1.54) is 10.9 Å². The molecule has 2 aromatic heterocycles. The van der Waals surface area contributed by atoms with Crippen LogP contribution in [0.3, 0.4) is 0 Å². The maximum Gasteiger partial charge on any atom is 0.127 e. The molecule has 1 radical (unpaired) electrons. The molecule has 3 aromatic rings. The Morgan fingerprint density at radius 3 is 3.13 bits per heavy atom. The first-order chi connectivity index (χ1) is 6.86. The van der Waals surface area contributed by atoms with Gasteiger partial charge in [0.15, 0.2) is 0 Å². The zero-order valence-corrected chi connectivity index (χ0v) is 10.5. The van der Waals surface area contributed by atoms with Gasteiger partial charge in [0.2, 0.25) is 0 Å². The molecule has 15 heavy (non-hydrogen) atoms. The molecule has 0 amide bonds. The predicted molar refractivity (Wildman–Crippen MR) is 54.1 cm³/mol. The van der Waals surface area contributed by atoms with Gasteiger partial charge in [-0.3, -0.25) is 9.50 Å². The Kier molecular flexibility index (Phi) is 2.55. The number of fused-ring (bicyclic) bond motifs is 3. The van der Waals surface area contributed by atoms with Gasteiger partial charge in [-0.1, -0.05) is 10.9 Å². The van der Waals surface area contributed by atoms with Crippen molar-refractivity contribution in [2.45, 2.75) is 6.92 Å². The average molecular weight is 374 g/mol. The van der Waals surface area contributed by atoms with Crippen LogP contribution in [0.2, 0.25) is 0 Å². The van der Waals surface area contributed by atoms with E-state index in [9.17, 15) is 0 Å². The number of hydrogen-bond acceptors (Lipinski definition) is 2. The fraction of sp³-hybridized carbons (Fsp3) is 0.0909. The molecule has 3 nitrogen and oxygen atoms in total. The monoisotopic (exact) mass is 375 g/mol. The molecular weight excluding hydrogens is 366 g/mol. The van der Waals surface area contributed by atoms with E-state index >= 15 is 0 Å². The molecule has 0 spiro atoms. The second-order valence-electron chi connectivity index (χ2n) is 3.30. The molecule has 4 heteroatoms. The molecule has 0 N–H and O–H groups in total. The summed E-state index contributed by atoms with van der Waals surface area (Å²) in [5, 5.41) is 6.34. The van der Waals surface area contributed by atoms with Crippen LogP contribution in [0.1, 0.15) is 5.56 Å². The van der Waals surface area contributed by atoms with Gasteiger partial charge in [0, 0.05) is 26.3 Å². The molecule has 77 valence electrons. The summed E-state index contributed by atoms with van der Waals surface area (Å²) >= 11 is 0. The number of rotatable bonds is 0. The van der Waals surface area contributed by atoms with Gasteiger partial charge in [-0.15, -0.1) is 29.7 Å². The molecule has 2 heterocycles. The van der Waals surface area contributed by atoms with Crippen molar-refractivity contribution in [3.8, 4) is 0 Å². The average Bonchev–Trinajstić information content (AvgIpc) is 2.66. The maximum absolute atomic E-state index is 4.21. The van der Waals surface area contributed by atoms with Crippen LogP contribution in [-0.4, -0.2) is 14.6 Å². The van der Waals surface area contributed by atoms with Crippen molar-refractivity contribution in [2.75, 3.05) is 0 Å². The predicted octanol–water partition coefficient (Wildman–Crippen LogP) is 1.99. The first-order valence-corrected chi connectivity index (χ1v) is 4.45. The molecule has 1 aromatic carbocycles. The molecule has 0 saturated carbocycles. The summed E-state index contributed by atoms with van der Waals surface area (Å²) in [5.74, 6) is 0. The minimum absolute atomic E-state index is 0. The van der Waals surface area contributed by atoms with Crippen molar-refractivity contribution in [1.29, 1.82) is 0 Å². The molecule has 0 saturated heterocycles. The molecule has 0 atom stereocenters. The van der Waals surface area contributed by atoms with E-state index in [1.807, 2.05) is 18.3 Å². The molecule has 0 aliphatic heterocycles. The van der Waals surface area contributed by atoms with Crippen molar-refractivity contribution in [3.05, 3.63) is 42.4 Å². The normalized spacial score (nSPS) is 10.5. The first-order valence-electron chi connectivity index (χ1n) is 4.45. The number of aryl methyl sites for hydroxylation is 1. The number of benzene rings is 1. The second kappa shape index (κ2) is 3.72. The van der Waals surface area contributed by atoms with Crippen LogP contribution in [0, 0.1) is 13.0 Å². The van der Waals surface area contributed by atoms with Crippen LogP contribution < -0.4 is 0 Å². The van der Waals surface area contributed by atoms with Gasteiger partial charge in [-0.25, -0.2) is 0 Å². The van der Waals surface area contributed by atoms with E-state index in [2.05, 4.69) is 29.1 Å². The zero-order chi connectivity index (χ0) is 9.54. The third-order valence-corrected chi connectivity index (χ3v) is 2.39. The SMILES string of the molecule is Cc1cn2ncnc2c2[c-]cccc12.[Ir]. The second-order valence-corrected chi connectivity index (χ2v) is 3.30. The topological polar surface area (TPSA) is 30.2 Å². The molecule has 0 fully saturated rings. The molecule has 0 bridgehead atoms. The molecule has 0 unspecified atom stereocenters. The standard InChI is InChI=1S/C11H8N3.Ir/c1-8-6-14-11(12-7-13-14)10-5-3-2-4-9(8)10;/h2-4,6-7H,1H3;/q-1;. The summed E-state index contributed by atoms with van der Waals surface area (Å²) in [6, 6.07) is 9.16. The Labute approximate surface area is 100 Å². The van der Waals surface area contributed by atoms with Gasteiger partial charge >= 0.3 is 0 Å². The van der Waals surface area contributed by atoms with E-state index in [4.69, 9.17) is 0 Å². The molecule has 0 aliphatic rings. The van der Waals surface area contributed by atoms with E-state index in [-0.39, 0.29) is 20.1 Å². The third-order valence-electron chi connectivity index (χ3n) is 2.39. The number of pyridine rings is 1. The van der Waals surface area contributed by atoms with Crippen molar-refractivity contribution in [2.24, 2.45) is 0 Å². The number of aromatic nitrogens is 3. The fourth-order valence-electron chi connectivity index (χ4n) is 1.73. The van der Waals surface area contributed by atoms with Crippen LogP contribution in [0.15, 0.2) is 30.7 Å². The molecule has 3 rings (SSSR count). The smallest absolute Gasteiger partial charge is 0.127 e. The Morgan fingerprint density at radius 1 is 1.40 bits per heavy atom. The van der Waals surface area contributed by atoms with E-state index in [0.29, 0.717) is 0 Å². The van der Waals surface area contributed by atoms with Crippen LogP contribution in [0.5, 0.6) is 0 Å². The maximum atomic E-state index is 4.21. The first kappa shape index (κ1) is 10.3. The van der Waals surface area contributed by atoms with Gasteiger partial charge < -0.3 is 0 Å². The zero-order valence-electron chi connectivity index (χ0n) is 8.06. The molecule has 0 aliphatic carbocycles. The molecular formula is C11H8IrN3-. The van der Waals surface area contributed by atoms with Gasteiger partial charge in [0.05, 0.1) is 5.65 Å². The Bertz CT molecular complexity index is 615. The van der Waals surface area contributed by atoms with Crippen LogP contribution in [0.25, 0.3) is 16.4 Å². The van der Waals surface area contributed by atoms with Gasteiger partial charge in [-0.2, -0.15) is 5.10 Å². The third kappa shape index (κ3) is 1.46. The van der Waals surface area contributed by atoms with Crippen LogP contribution in [-0.2, 0) is 20.1 Å².